The maximum Gasteiger partial charge on any atom is 0.262 e. The average molecular weight is 426 g/mol. The number of pyridine rings is 1. The molecule has 0 bridgehead atoms. The van der Waals surface area contributed by atoms with Gasteiger partial charge < -0.3 is 19.5 Å². The lowest BCUT2D eigenvalue weighted by Gasteiger charge is -2.27. The zero-order valence-corrected chi connectivity index (χ0v) is 17.4. The van der Waals surface area contributed by atoms with Crippen LogP contribution >= 0.6 is 11.6 Å². The van der Waals surface area contributed by atoms with E-state index in [1.54, 1.807) is 55.6 Å². The number of benzene rings is 2. The second-order valence-electron chi connectivity index (χ2n) is 6.55. The molecular formula is C22H20ClN3O4. The Morgan fingerprint density at radius 2 is 1.80 bits per heavy atom. The zero-order chi connectivity index (χ0) is 21.3. The molecular weight excluding hydrogens is 406 g/mol. The van der Waals surface area contributed by atoms with Crippen LogP contribution in [0, 0.1) is 0 Å². The van der Waals surface area contributed by atoms with E-state index in [9.17, 15) is 4.79 Å². The molecule has 1 amide bonds. The highest BCUT2D eigenvalue weighted by molar-refractivity contribution is 6.32. The summed E-state index contributed by atoms with van der Waals surface area (Å²) in [5.74, 6) is 1.50. The summed E-state index contributed by atoms with van der Waals surface area (Å²) in [7, 11) is 4.68. The van der Waals surface area contributed by atoms with Crippen LogP contribution in [0.3, 0.4) is 0 Å². The Morgan fingerprint density at radius 1 is 1.00 bits per heavy atom. The number of halogens is 1. The summed E-state index contributed by atoms with van der Waals surface area (Å²) in [6.45, 7) is 0. The van der Waals surface area contributed by atoms with Gasteiger partial charge in [0.1, 0.15) is 17.2 Å². The predicted molar refractivity (Wildman–Crippen MR) is 115 cm³/mol. The maximum absolute atomic E-state index is 13.2. The van der Waals surface area contributed by atoms with E-state index in [-0.39, 0.29) is 5.91 Å². The second-order valence-corrected chi connectivity index (χ2v) is 6.95. The van der Waals surface area contributed by atoms with E-state index in [4.69, 9.17) is 25.8 Å². The number of hydrogen-bond donors (Lipinski definition) is 1. The van der Waals surface area contributed by atoms with Crippen molar-refractivity contribution in [2.24, 2.45) is 0 Å². The zero-order valence-electron chi connectivity index (χ0n) is 16.7. The molecule has 0 saturated carbocycles. The number of ether oxygens (including phenoxy) is 3. The largest absolute Gasteiger partial charge is 0.497 e. The smallest absolute Gasteiger partial charge is 0.262 e. The Labute approximate surface area is 179 Å². The number of carbonyl (C=O) groups is 1. The van der Waals surface area contributed by atoms with Gasteiger partial charge >= 0.3 is 0 Å². The minimum Gasteiger partial charge on any atom is -0.497 e. The number of rotatable bonds is 6. The molecule has 4 rings (SSSR count). The van der Waals surface area contributed by atoms with Crippen molar-refractivity contribution in [3.8, 4) is 17.2 Å². The van der Waals surface area contributed by atoms with E-state index < -0.39 is 6.17 Å². The van der Waals surface area contributed by atoms with Crippen molar-refractivity contribution in [1.82, 2.24) is 4.98 Å². The van der Waals surface area contributed by atoms with E-state index in [0.29, 0.717) is 44.9 Å². The molecule has 0 saturated heterocycles. The number of nitrogens with zero attached hydrogens (tertiary/aromatic N) is 2. The first-order valence-electron chi connectivity index (χ1n) is 9.18. The third-order valence-electron chi connectivity index (χ3n) is 4.90. The number of fused-ring (bicyclic) bond motifs is 1. The van der Waals surface area contributed by atoms with Gasteiger partial charge in [-0.05, 0) is 30.3 Å². The molecule has 1 aromatic heterocycles. The summed E-state index contributed by atoms with van der Waals surface area (Å²) in [6, 6.07) is 14.2. The average Bonchev–Trinajstić information content (AvgIpc) is 3.06. The van der Waals surface area contributed by atoms with Crippen molar-refractivity contribution in [3.63, 3.8) is 0 Å². The minimum atomic E-state index is -0.570. The lowest BCUT2D eigenvalue weighted by atomic mass is 10.2. The van der Waals surface area contributed by atoms with Crippen molar-refractivity contribution in [2.75, 3.05) is 31.5 Å². The number of aromatic nitrogens is 1. The van der Waals surface area contributed by atoms with Gasteiger partial charge in [0.05, 0.1) is 49.0 Å². The van der Waals surface area contributed by atoms with Gasteiger partial charge in [0.25, 0.3) is 5.91 Å². The summed E-state index contributed by atoms with van der Waals surface area (Å²) in [4.78, 5) is 19.3. The SMILES string of the molecule is COc1cccc(N2C(=O)c3cccnc3[C@@H]2Nc2cc(Cl)c(OC)cc2OC)c1. The first-order valence-corrected chi connectivity index (χ1v) is 9.55. The van der Waals surface area contributed by atoms with Gasteiger partial charge in [-0.3, -0.25) is 14.7 Å². The van der Waals surface area contributed by atoms with Crippen LogP contribution in [0.15, 0.2) is 54.7 Å². The molecule has 1 atom stereocenters. The van der Waals surface area contributed by atoms with Gasteiger partial charge in [-0.1, -0.05) is 17.7 Å². The molecule has 154 valence electrons. The predicted octanol–water partition coefficient (Wildman–Crippen LogP) is 4.53. The molecule has 1 aliphatic heterocycles. The number of hydrogen-bond acceptors (Lipinski definition) is 6. The molecule has 1 N–H and O–H groups in total. The Balaban J connectivity index is 1.81. The van der Waals surface area contributed by atoms with Crippen LogP contribution in [0.1, 0.15) is 22.2 Å². The number of methoxy groups -OCH3 is 3. The highest BCUT2D eigenvalue weighted by Crippen LogP contribution is 2.42. The molecule has 1 aliphatic rings. The van der Waals surface area contributed by atoms with E-state index in [0.717, 1.165) is 0 Å². The van der Waals surface area contributed by atoms with Crippen molar-refractivity contribution in [1.29, 1.82) is 0 Å². The van der Waals surface area contributed by atoms with Gasteiger partial charge in [-0.2, -0.15) is 0 Å². The summed E-state index contributed by atoms with van der Waals surface area (Å²) in [5.41, 5.74) is 2.41. The van der Waals surface area contributed by atoms with Crippen molar-refractivity contribution in [2.45, 2.75) is 6.17 Å². The van der Waals surface area contributed by atoms with E-state index in [1.165, 1.54) is 7.11 Å². The Hall–Kier alpha value is -3.45. The summed E-state index contributed by atoms with van der Waals surface area (Å²) >= 11 is 6.33. The molecule has 30 heavy (non-hydrogen) atoms. The normalized spacial score (nSPS) is 15.0. The monoisotopic (exact) mass is 425 g/mol. The first kappa shape index (κ1) is 19.8. The molecule has 0 spiro atoms. The quantitative estimate of drug-likeness (QED) is 0.625. The molecule has 0 unspecified atom stereocenters. The fourth-order valence-electron chi connectivity index (χ4n) is 3.47. The molecule has 0 radical (unpaired) electrons. The third-order valence-corrected chi connectivity index (χ3v) is 5.20. The fraction of sp³-hybridized carbons (Fsp3) is 0.182. The lowest BCUT2D eigenvalue weighted by molar-refractivity contribution is 0.0993. The Kier molecular flexibility index (Phi) is 5.37. The number of carbonyl (C=O) groups excluding carboxylic acids is 1. The molecule has 8 heteroatoms. The molecule has 7 nitrogen and oxygen atoms in total. The van der Waals surface area contributed by atoms with Gasteiger partial charge in [0.15, 0.2) is 6.17 Å². The number of anilines is 2. The minimum absolute atomic E-state index is 0.164. The lowest BCUT2D eigenvalue weighted by Crippen LogP contribution is -2.32. The van der Waals surface area contributed by atoms with Crippen LogP contribution in [-0.2, 0) is 0 Å². The highest BCUT2D eigenvalue weighted by Gasteiger charge is 2.39. The van der Waals surface area contributed by atoms with Crippen LogP contribution in [0.25, 0.3) is 0 Å². The molecule has 2 aromatic carbocycles. The molecule has 0 fully saturated rings. The summed E-state index contributed by atoms with van der Waals surface area (Å²) in [6.07, 6.45) is 1.09. The molecule has 0 aliphatic carbocycles. The Bertz CT molecular complexity index is 1110. The van der Waals surface area contributed by atoms with Gasteiger partial charge in [-0.15, -0.1) is 0 Å². The van der Waals surface area contributed by atoms with Gasteiger partial charge in [-0.25, -0.2) is 0 Å². The number of nitrogens with one attached hydrogen (secondary N) is 1. The summed E-state index contributed by atoms with van der Waals surface area (Å²) in [5, 5.41) is 3.78. The van der Waals surface area contributed by atoms with Crippen LogP contribution in [-0.4, -0.2) is 32.2 Å². The summed E-state index contributed by atoms with van der Waals surface area (Å²) < 4.78 is 16.1. The number of amides is 1. The van der Waals surface area contributed by atoms with E-state index in [1.807, 2.05) is 18.2 Å². The van der Waals surface area contributed by atoms with E-state index in [2.05, 4.69) is 10.3 Å². The van der Waals surface area contributed by atoms with Crippen LogP contribution < -0.4 is 24.4 Å². The van der Waals surface area contributed by atoms with E-state index >= 15 is 0 Å². The van der Waals surface area contributed by atoms with Crippen molar-refractivity contribution in [3.05, 3.63) is 71.0 Å². The molecule has 2 heterocycles. The van der Waals surface area contributed by atoms with Crippen molar-refractivity contribution < 1.29 is 19.0 Å². The van der Waals surface area contributed by atoms with Gasteiger partial charge in [0, 0.05) is 18.3 Å². The maximum atomic E-state index is 13.2. The van der Waals surface area contributed by atoms with Crippen LogP contribution in [0.2, 0.25) is 5.02 Å². The molecule has 3 aromatic rings. The standard InChI is InChI=1S/C22H20ClN3O4/c1-28-14-7-4-6-13(10-14)26-21(20-15(22(26)27)8-5-9-24-20)25-17-11-16(23)18(29-2)12-19(17)30-3/h4-12,21,25H,1-3H3/t21-/m1/s1. The first-order chi connectivity index (χ1) is 14.6. The second kappa shape index (κ2) is 8.12. The topological polar surface area (TPSA) is 72.9 Å². The highest BCUT2D eigenvalue weighted by atomic mass is 35.5. The fourth-order valence-corrected chi connectivity index (χ4v) is 3.71. The van der Waals surface area contributed by atoms with Gasteiger partial charge in [0.2, 0.25) is 0 Å². The third kappa shape index (κ3) is 3.37. The van der Waals surface area contributed by atoms with Crippen LogP contribution in [0.5, 0.6) is 17.2 Å². The Morgan fingerprint density at radius 3 is 2.53 bits per heavy atom. The van der Waals surface area contributed by atoms with Crippen LogP contribution in [0.4, 0.5) is 11.4 Å². The van der Waals surface area contributed by atoms with Crippen molar-refractivity contribution >= 4 is 28.9 Å².